The van der Waals surface area contributed by atoms with E-state index in [9.17, 15) is 4.79 Å². The van der Waals surface area contributed by atoms with Gasteiger partial charge in [0, 0.05) is 18.5 Å². The number of carbonyl (C=O) groups excluding carboxylic acids is 1. The Kier molecular flexibility index (Phi) is 2.26. The molecule has 2 heterocycles. The van der Waals surface area contributed by atoms with Crippen molar-refractivity contribution >= 4 is 5.78 Å². The fourth-order valence-electron chi connectivity index (χ4n) is 1.76. The van der Waals surface area contributed by atoms with Crippen molar-refractivity contribution in [3.63, 3.8) is 0 Å². The van der Waals surface area contributed by atoms with E-state index in [0.29, 0.717) is 6.42 Å². The molecule has 1 atom stereocenters. The monoisotopic (exact) mass is 204 g/mol. The number of carbonyl (C=O) groups is 1. The third-order valence-corrected chi connectivity index (χ3v) is 2.48. The lowest BCUT2D eigenvalue weighted by molar-refractivity contribution is -0.122. The summed E-state index contributed by atoms with van der Waals surface area (Å²) in [6, 6.07) is 0. The highest BCUT2D eigenvalue weighted by Gasteiger charge is 2.35. The molecule has 0 N–H and O–H groups in total. The first-order chi connectivity index (χ1) is 7.12. The van der Waals surface area contributed by atoms with E-state index in [4.69, 9.17) is 4.74 Å². The van der Waals surface area contributed by atoms with E-state index in [2.05, 4.69) is 9.97 Å². The Balaban J connectivity index is 2.42. The predicted molar refractivity (Wildman–Crippen MR) is 54.0 cm³/mol. The van der Waals surface area contributed by atoms with Gasteiger partial charge >= 0.3 is 0 Å². The minimum absolute atomic E-state index is 0.0498. The summed E-state index contributed by atoms with van der Waals surface area (Å²) in [5, 5.41) is 0. The summed E-state index contributed by atoms with van der Waals surface area (Å²) >= 11 is 0. The number of ether oxygens (including phenoxy) is 1. The molecule has 0 bridgehead atoms. The minimum atomic E-state index is -0.676. The van der Waals surface area contributed by atoms with Gasteiger partial charge in [0.05, 0.1) is 18.4 Å². The maximum absolute atomic E-state index is 11.3. The number of aromatic nitrogens is 2. The lowest BCUT2D eigenvalue weighted by Crippen LogP contribution is -2.31. The molecule has 0 radical (unpaired) electrons. The highest BCUT2D eigenvalue weighted by molar-refractivity contribution is 5.90. The Morgan fingerprint density at radius 2 is 2.13 bits per heavy atom. The van der Waals surface area contributed by atoms with Crippen LogP contribution in [0.25, 0.3) is 0 Å². The van der Waals surface area contributed by atoms with Gasteiger partial charge in [0.15, 0.2) is 11.4 Å². The van der Waals surface area contributed by atoms with E-state index in [0.717, 1.165) is 11.4 Å². The van der Waals surface area contributed by atoms with Gasteiger partial charge < -0.3 is 4.74 Å². The van der Waals surface area contributed by atoms with Crippen molar-refractivity contribution in [2.45, 2.75) is 25.9 Å². The lowest BCUT2D eigenvalue weighted by atomic mass is 9.92. The van der Waals surface area contributed by atoms with E-state index < -0.39 is 5.60 Å². The van der Waals surface area contributed by atoms with E-state index in [1.54, 1.807) is 12.4 Å². The normalized spacial score (nSPS) is 25.1. The first-order valence-corrected chi connectivity index (χ1v) is 4.77. The zero-order valence-electron chi connectivity index (χ0n) is 8.73. The molecule has 1 aromatic heterocycles. The zero-order chi connectivity index (χ0) is 10.9. The quantitative estimate of drug-likeness (QED) is 0.695. The van der Waals surface area contributed by atoms with Crippen molar-refractivity contribution in [3.8, 4) is 0 Å². The Morgan fingerprint density at radius 1 is 1.40 bits per heavy atom. The molecule has 1 unspecified atom stereocenters. The second kappa shape index (κ2) is 3.46. The molecule has 2 rings (SSSR count). The SMILES string of the molecule is Cc1nccnc1C1(C)CC(=O)C=CO1. The zero-order valence-corrected chi connectivity index (χ0v) is 8.73. The topological polar surface area (TPSA) is 52.1 Å². The van der Waals surface area contributed by atoms with Crippen molar-refractivity contribution in [2.75, 3.05) is 0 Å². The molecule has 0 aromatic carbocycles. The van der Waals surface area contributed by atoms with E-state index in [1.807, 2.05) is 13.8 Å². The van der Waals surface area contributed by atoms with Gasteiger partial charge in [-0.1, -0.05) is 0 Å². The highest BCUT2D eigenvalue weighted by atomic mass is 16.5. The van der Waals surface area contributed by atoms with Crippen LogP contribution >= 0.6 is 0 Å². The molecule has 15 heavy (non-hydrogen) atoms. The molecule has 1 aromatic rings. The summed E-state index contributed by atoms with van der Waals surface area (Å²) in [6.07, 6.45) is 6.42. The summed E-state index contributed by atoms with van der Waals surface area (Å²) in [5.41, 5.74) is 0.843. The van der Waals surface area contributed by atoms with Gasteiger partial charge in [0.1, 0.15) is 5.69 Å². The fourth-order valence-corrected chi connectivity index (χ4v) is 1.76. The largest absolute Gasteiger partial charge is 0.488 e. The molecule has 0 aliphatic carbocycles. The van der Waals surface area contributed by atoms with E-state index in [-0.39, 0.29) is 5.78 Å². The van der Waals surface area contributed by atoms with Crippen LogP contribution in [0, 0.1) is 6.92 Å². The fraction of sp³-hybridized carbons (Fsp3) is 0.364. The molecule has 4 heteroatoms. The number of rotatable bonds is 1. The first-order valence-electron chi connectivity index (χ1n) is 4.77. The summed E-state index contributed by atoms with van der Waals surface area (Å²) in [4.78, 5) is 19.7. The van der Waals surface area contributed by atoms with Crippen molar-refractivity contribution in [1.82, 2.24) is 9.97 Å². The summed E-state index contributed by atoms with van der Waals surface area (Å²) in [5.74, 6) is 0.0498. The number of ketones is 1. The third-order valence-electron chi connectivity index (χ3n) is 2.48. The van der Waals surface area contributed by atoms with Crippen LogP contribution < -0.4 is 0 Å². The van der Waals surface area contributed by atoms with Crippen LogP contribution in [0.5, 0.6) is 0 Å². The van der Waals surface area contributed by atoms with Crippen LogP contribution in [0.1, 0.15) is 24.7 Å². The maximum Gasteiger partial charge on any atom is 0.163 e. The van der Waals surface area contributed by atoms with Crippen molar-refractivity contribution in [2.24, 2.45) is 0 Å². The minimum Gasteiger partial charge on any atom is -0.488 e. The molecule has 0 saturated carbocycles. The number of nitrogens with zero attached hydrogens (tertiary/aromatic N) is 2. The van der Waals surface area contributed by atoms with Crippen LogP contribution in [0.4, 0.5) is 0 Å². The van der Waals surface area contributed by atoms with Gasteiger partial charge in [0.2, 0.25) is 0 Å². The standard InChI is InChI=1S/C11H12N2O2/c1-8-10(13-5-4-12-8)11(2)7-9(14)3-6-15-11/h3-6H,7H2,1-2H3. The smallest absolute Gasteiger partial charge is 0.163 e. The average molecular weight is 204 g/mol. The predicted octanol–water partition coefficient (Wildman–Crippen LogP) is 1.50. The van der Waals surface area contributed by atoms with Gasteiger partial charge in [-0.2, -0.15) is 0 Å². The number of aryl methyl sites for hydroxylation is 1. The van der Waals surface area contributed by atoms with Gasteiger partial charge in [0.25, 0.3) is 0 Å². The second-order valence-corrected chi connectivity index (χ2v) is 3.78. The summed E-state index contributed by atoms with van der Waals surface area (Å²) in [7, 11) is 0. The van der Waals surface area contributed by atoms with Gasteiger partial charge in [-0.25, -0.2) is 0 Å². The van der Waals surface area contributed by atoms with Gasteiger partial charge in [-0.15, -0.1) is 0 Å². The molecular weight excluding hydrogens is 192 g/mol. The Morgan fingerprint density at radius 3 is 2.80 bits per heavy atom. The molecule has 0 amide bonds. The Labute approximate surface area is 88.0 Å². The molecule has 0 spiro atoms. The van der Waals surface area contributed by atoms with Crippen LogP contribution in [0.3, 0.4) is 0 Å². The first kappa shape index (κ1) is 9.83. The molecular formula is C11H12N2O2. The number of hydrogen-bond donors (Lipinski definition) is 0. The van der Waals surface area contributed by atoms with Crippen molar-refractivity contribution in [3.05, 3.63) is 36.1 Å². The molecule has 0 saturated heterocycles. The summed E-state index contributed by atoms with van der Waals surface area (Å²) < 4.78 is 5.50. The maximum atomic E-state index is 11.3. The summed E-state index contributed by atoms with van der Waals surface area (Å²) in [6.45, 7) is 3.71. The Bertz CT molecular complexity index is 428. The molecule has 4 nitrogen and oxygen atoms in total. The van der Waals surface area contributed by atoms with Crippen molar-refractivity contribution in [1.29, 1.82) is 0 Å². The van der Waals surface area contributed by atoms with Crippen molar-refractivity contribution < 1.29 is 9.53 Å². The molecule has 1 aliphatic heterocycles. The van der Waals surface area contributed by atoms with Crippen LogP contribution in [-0.2, 0) is 15.1 Å². The van der Waals surface area contributed by atoms with Gasteiger partial charge in [-0.05, 0) is 13.8 Å². The number of hydrogen-bond acceptors (Lipinski definition) is 4. The van der Waals surface area contributed by atoms with Crippen LogP contribution in [0.2, 0.25) is 0 Å². The van der Waals surface area contributed by atoms with Gasteiger partial charge in [-0.3, -0.25) is 14.8 Å². The molecule has 0 fully saturated rings. The molecule has 1 aliphatic rings. The highest BCUT2D eigenvalue weighted by Crippen LogP contribution is 2.32. The van der Waals surface area contributed by atoms with E-state index >= 15 is 0 Å². The third kappa shape index (κ3) is 1.75. The molecule has 78 valence electrons. The second-order valence-electron chi connectivity index (χ2n) is 3.78. The lowest BCUT2D eigenvalue weighted by Gasteiger charge is -2.30. The van der Waals surface area contributed by atoms with Crippen LogP contribution in [0.15, 0.2) is 24.7 Å². The Hall–Kier alpha value is -1.71. The average Bonchev–Trinajstić information content (AvgIpc) is 2.17. The number of allylic oxidation sites excluding steroid dienone is 1. The van der Waals surface area contributed by atoms with E-state index in [1.165, 1.54) is 12.3 Å². The van der Waals surface area contributed by atoms with Crippen LogP contribution in [-0.4, -0.2) is 15.8 Å².